The molecule has 254 valence electrons. The first-order chi connectivity index (χ1) is 21.1. The first-order valence-electron chi connectivity index (χ1n) is 16.5. The largest absolute Gasteiger partial charge is 0.756 e. The minimum Gasteiger partial charge on any atom is -0.756 e. The zero-order chi connectivity index (χ0) is 32.8. The Bertz CT molecular complexity index is 890. The topological polar surface area (TPSA) is 94.1 Å². The van der Waals surface area contributed by atoms with Crippen molar-refractivity contribution in [2.45, 2.75) is 103 Å². The summed E-state index contributed by atoms with van der Waals surface area (Å²) >= 11 is 0. The second kappa shape index (κ2) is 28.7. The van der Waals surface area contributed by atoms with Crippen LogP contribution in [0.15, 0.2) is 60.8 Å². The second-order valence-corrected chi connectivity index (χ2v) is 13.2. The van der Waals surface area contributed by atoms with E-state index in [1.165, 1.54) is 0 Å². The summed E-state index contributed by atoms with van der Waals surface area (Å²) in [5, 5.41) is 0. The fourth-order valence-electron chi connectivity index (χ4n) is 3.74. The van der Waals surface area contributed by atoms with Crippen LogP contribution in [0, 0.1) is 0 Å². The van der Waals surface area contributed by atoms with Crippen molar-refractivity contribution in [3.05, 3.63) is 60.8 Å². The van der Waals surface area contributed by atoms with Gasteiger partial charge >= 0.3 is 5.97 Å². The van der Waals surface area contributed by atoms with Crippen LogP contribution >= 0.6 is 7.82 Å². The number of phosphoric ester groups is 1. The van der Waals surface area contributed by atoms with E-state index in [9.17, 15) is 14.3 Å². The van der Waals surface area contributed by atoms with Crippen molar-refractivity contribution in [1.82, 2.24) is 0 Å². The Hall–Kier alpha value is -1.80. The smallest absolute Gasteiger partial charge is 0.306 e. The molecule has 0 rings (SSSR count). The van der Waals surface area contributed by atoms with E-state index in [0.29, 0.717) is 24.1 Å². The Labute approximate surface area is 269 Å². The Kier molecular flexibility index (Phi) is 27.5. The second-order valence-electron chi connectivity index (χ2n) is 11.8. The molecule has 0 N–H and O–H groups in total. The van der Waals surface area contributed by atoms with E-state index in [2.05, 4.69) is 74.6 Å². The van der Waals surface area contributed by atoms with Gasteiger partial charge in [0.15, 0.2) is 0 Å². The number of rotatable bonds is 29. The number of esters is 1. The van der Waals surface area contributed by atoms with Crippen LogP contribution in [0.5, 0.6) is 0 Å². The van der Waals surface area contributed by atoms with Crippen molar-refractivity contribution in [2.75, 3.05) is 54.1 Å². The highest BCUT2D eigenvalue weighted by Crippen LogP contribution is 2.38. The van der Waals surface area contributed by atoms with Gasteiger partial charge in [0.25, 0.3) is 7.82 Å². The third-order valence-corrected chi connectivity index (χ3v) is 7.30. The van der Waals surface area contributed by atoms with Crippen molar-refractivity contribution in [3.8, 4) is 0 Å². The molecule has 0 aromatic heterocycles. The highest BCUT2D eigenvalue weighted by atomic mass is 31.2. The molecule has 2 unspecified atom stereocenters. The molecule has 0 aliphatic rings. The SMILES string of the molecule is CC/C=C\C/C=C\C/C=C\C/C=C\C/C=C\CCCCOCC(COP(=O)([O-])OCC[N+](C)(C)C)OC(=O)CCCCCC. The monoisotopic (exact) mass is 639 g/mol. The van der Waals surface area contributed by atoms with E-state index in [0.717, 1.165) is 77.0 Å². The van der Waals surface area contributed by atoms with Crippen LogP contribution < -0.4 is 4.89 Å². The lowest BCUT2D eigenvalue weighted by molar-refractivity contribution is -0.870. The van der Waals surface area contributed by atoms with Gasteiger partial charge in [-0.25, -0.2) is 0 Å². The molecule has 2 atom stereocenters. The average Bonchev–Trinajstić information content (AvgIpc) is 2.96. The first kappa shape index (κ1) is 42.2. The zero-order valence-corrected chi connectivity index (χ0v) is 29.2. The van der Waals surface area contributed by atoms with Crippen molar-refractivity contribution < 1.29 is 37.3 Å². The maximum atomic E-state index is 12.3. The molecule has 0 heterocycles. The van der Waals surface area contributed by atoms with Crippen molar-refractivity contribution >= 4 is 13.8 Å². The number of carbonyl (C=O) groups excluding carboxylic acids is 1. The third-order valence-electron chi connectivity index (χ3n) is 6.33. The third kappa shape index (κ3) is 31.6. The van der Waals surface area contributed by atoms with Crippen molar-refractivity contribution in [1.29, 1.82) is 0 Å². The van der Waals surface area contributed by atoms with Crippen LogP contribution in [0.1, 0.15) is 97.3 Å². The molecule has 0 aromatic rings. The van der Waals surface area contributed by atoms with Gasteiger partial charge in [-0.1, -0.05) is 93.9 Å². The van der Waals surface area contributed by atoms with Crippen molar-refractivity contribution in [2.24, 2.45) is 0 Å². The Balaban J connectivity index is 4.27. The van der Waals surface area contributed by atoms with Gasteiger partial charge in [-0.15, -0.1) is 0 Å². The molecule has 0 bridgehead atoms. The quantitative estimate of drug-likeness (QED) is 0.0269. The summed E-state index contributed by atoms with van der Waals surface area (Å²) in [5.74, 6) is -0.372. The molecular formula is C35H62NO7P. The summed E-state index contributed by atoms with van der Waals surface area (Å²) < 4.78 is 34.0. The minimum absolute atomic E-state index is 0.0144. The predicted octanol–water partition coefficient (Wildman–Crippen LogP) is 8.01. The van der Waals surface area contributed by atoms with E-state index >= 15 is 0 Å². The number of hydrogen-bond acceptors (Lipinski definition) is 7. The summed E-state index contributed by atoms with van der Waals surface area (Å²) in [5.41, 5.74) is 0. The first-order valence-corrected chi connectivity index (χ1v) is 18.0. The highest BCUT2D eigenvalue weighted by molar-refractivity contribution is 7.45. The summed E-state index contributed by atoms with van der Waals surface area (Å²) in [4.78, 5) is 24.5. The Morgan fingerprint density at radius 1 is 0.727 bits per heavy atom. The lowest BCUT2D eigenvalue weighted by Gasteiger charge is -2.28. The predicted molar refractivity (Wildman–Crippen MR) is 180 cm³/mol. The summed E-state index contributed by atoms with van der Waals surface area (Å²) in [6.07, 6.45) is 32.9. The lowest BCUT2D eigenvalue weighted by atomic mass is 10.1. The van der Waals surface area contributed by atoms with Crippen molar-refractivity contribution in [3.63, 3.8) is 0 Å². The number of unbranched alkanes of at least 4 members (excludes halogenated alkanes) is 5. The molecule has 0 amide bonds. The maximum absolute atomic E-state index is 12.3. The number of allylic oxidation sites excluding steroid dienone is 10. The molecule has 44 heavy (non-hydrogen) atoms. The van der Waals surface area contributed by atoms with Gasteiger partial charge in [-0.05, 0) is 57.8 Å². The highest BCUT2D eigenvalue weighted by Gasteiger charge is 2.20. The summed E-state index contributed by atoms with van der Waals surface area (Å²) in [6.45, 7) is 5.01. The Morgan fingerprint density at radius 2 is 1.32 bits per heavy atom. The van der Waals surface area contributed by atoms with Gasteiger partial charge in [-0.3, -0.25) is 9.36 Å². The lowest BCUT2D eigenvalue weighted by Crippen LogP contribution is -2.37. The van der Waals surface area contributed by atoms with Gasteiger partial charge in [0.05, 0.1) is 34.4 Å². The van der Waals surface area contributed by atoms with Gasteiger partial charge in [0, 0.05) is 13.0 Å². The summed E-state index contributed by atoms with van der Waals surface area (Å²) in [7, 11) is 1.31. The number of nitrogens with zero attached hydrogens (tertiary/aromatic N) is 1. The molecule has 8 nitrogen and oxygen atoms in total. The van der Waals surface area contributed by atoms with Crippen LogP contribution in [-0.4, -0.2) is 70.7 Å². The number of hydrogen-bond donors (Lipinski definition) is 0. The zero-order valence-electron chi connectivity index (χ0n) is 28.3. The Morgan fingerprint density at radius 3 is 1.89 bits per heavy atom. The van der Waals surface area contributed by atoms with E-state index in [-0.39, 0.29) is 25.8 Å². The molecule has 0 saturated carbocycles. The molecule has 0 aromatic carbocycles. The fourth-order valence-corrected chi connectivity index (χ4v) is 4.47. The number of ether oxygens (including phenoxy) is 2. The fraction of sp³-hybridized carbons (Fsp3) is 0.686. The molecule has 0 aliphatic heterocycles. The van der Waals surface area contributed by atoms with Crippen LogP contribution in [-0.2, 0) is 27.9 Å². The standard InChI is InChI=1S/C35H62NO7P/c1-6-8-10-12-13-14-15-16-17-18-19-20-21-22-23-24-25-27-30-40-32-34(43-35(37)28-26-11-9-7-2)33-42-44(38,39)41-31-29-36(3,4)5/h8,10,13-14,16-17,19-20,22-23,34H,6-7,9,11-12,15,18,21,24-33H2,1-5H3/b10-8-,14-13-,17-16-,20-19-,23-22-. The molecule has 0 spiro atoms. The van der Waals surface area contributed by atoms with Crippen LogP contribution in [0.4, 0.5) is 0 Å². The number of phosphoric acid groups is 1. The van der Waals surface area contributed by atoms with E-state index in [1.807, 2.05) is 21.1 Å². The van der Waals surface area contributed by atoms with Gasteiger partial charge in [0.1, 0.15) is 19.3 Å². The summed E-state index contributed by atoms with van der Waals surface area (Å²) in [6, 6.07) is 0. The minimum atomic E-state index is -4.51. The maximum Gasteiger partial charge on any atom is 0.306 e. The molecule has 0 saturated heterocycles. The normalized spacial score (nSPS) is 15.0. The average molecular weight is 640 g/mol. The molecule has 0 fully saturated rings. The van der Waals surface area contributed by atoms with Crippen LogP contribution in [0.2, 0.25) is 0 Å². The molecule has 0 aliphatic carbocycles. The van der Waals surface area contributed by atoms with Gasteiger partial charge in [0.2, 0.25) is 0 Å². The van der Waals surface area contributed by atoms with E-state index < -0.39 is 13.9 Å². The van der Waals surface area contributed by atoms with E-state index in [1.54, 1.807) is 0 Å². The van der Waals surface area contributed by atoms with Gasteiger partial charge in [-0.2, -0.15) is 0 Å². The molecular weight excluding hydrogens is 577 g/mol. The van der Waals surface area contributed by atoms with Crippen LogP contribution in [0.3, 0.4) is 0 Å². The number of likely N-dealkylation sites (N-methyl/N-ethyl adjacent to an activating group) is 1. The number of carbonyl (C=O) groups is 1. The molecule has 9 heteroatoms. The van der Waals surface area contributed by atoms with Crippen LogP contribution in [0.25, 0.3) is 0 Å². The van der Waals surface area contributed by atoms with E-state index in [4.69, 9.17) is 18.5 Å². The van der Waals surface area contributed by atoms with Gasteiger partial charge < -0.3 is 27.9 Å². The molecule has 0 radical (unpaired) electrons. The number of quaternary nitrogens is 1.